The average Bonchev–Trinajstić information content (AvgIpc) is 3.34. The molecule has 3 amide bonds. The topological polar surface area (TPSA) is 162 Å². The Morgan fingerprint density at radius 3 is 2.77 bits per heavy atom. The van der Waals surface area contributed by atoms with Gasteiger partial charge in [0.15, 0.2) is 0 Å². The molecule has 0 aromatic carbocycles. The molecule has 0 unspecified atom stereocenters. The Balaban J connectivity index is 1.61. The van der Waals surface area contributed by atoms with Gasteiger partial charge in [-0.1, -0.05) is 0 Å². The highest BCUT2D eigenvalue weighted by Gasteiger charge is 2.55. The minimum Gasteiger partial charge on any atom is -0.390 e. The number of aliphatic hydroxyl groups is 1. The number of carbonyl (C=O) groups excluding carboxylic acids is 3. The van der Waals surface area contributed by atoms with Crippen LogP contribution in [0.4, 0.5) is 5.69 Å². The van der Waals surface area contributed by atoms with Crippen molar-refractivity contribution in [2.24, 2.45) is 11.7 Å². The number of hydrogen-bond acceptors (Lipinski definition) is 7. The van der Waals surface area contributed by atoms with Gasteiger partial charge in [-0.3, -0.25) is 24.8 Å². The molecule has 6 N–H and O–H groups in total. The second kappa shape index (κ2) is 8.39. The van der Waals surface area contributed by atoms with Gasteiger partial charge in [0, 0.05) is 24.3 Å². The van der Waals surface area contributed by atoms with Gasteiger partial charge >= 0.3 is 0 Å². The molecule has 162 valence electrons. The largest absolute Gasteiger partial charge is 0.390 e. The average molecular weight is 416 g/mol. The summed E-state index contributed by atoms with van der Waals surface area (Å²) in [6.45, 7) is 3.59. The minimum atomic E-state index is -0.876. The fraction of sp³-hybridized carbons (Fsp3) is 0.550. The highest BCUT2D eigenvalue weighted by Crippen LogP contribution is 2.47. The van der Waals surface area contributed by atoms with E-state index in [9.17, 15) is 19.5 Å². The van der Waals surface area contributed by atoms with Crippen LogP contribution in [0.25, 0.3) is 0 Å². The molecule has 0 spiro atoms. The molecule has 2 aliphatic rings. The number of likely N-dealkylation sites (tertiary alicyclic amines) is 1. The maximum atomic E-state index is 12.9. The normalized spacial score (nSPS) is 22.2. The predicted molar refractivity (Wildman–Crippen MR) is 110 cm³/mol. The molecule has 1 aliphatic heterocycles. The van der Waals surface area contributed by atoms with Crippen molar-refractivity contribution in [1.29, 1.82) is 5.41 Å². The van der Waals surface area contributed by atoms with Crippen LogP contribution >= 0.6 is 0 Å². The third-order valence-corrected chi connectivity index (χ3v) is 5.50. The molecule has 1 saturated carbocycles. The van der Waals surface area contributed by atoms with Crippen LogP contribution in [-0.2, 0) is 14.4 Å². The van der Waals surface area contributed by atoms with E-state index in [4.69, 9.17) is 11.1 Å². The summed E-state index contributed by atoms with van der Waals surface area (Å²) >= 11 is 0. The van der Waals surface area contributed by atoms with E-state index in [1.54, 1.807) is 18.7 Å². The fourth-order valence-electron chi connectivity index (χ4n) is 3.81. The van der Waals surface area contributed by atoms with Crippen molar-refractivity contribution >= 4 is 29.1 Å². The summed E-state index contributed by atoms with van der Waals surface area (Å²) in [5, 5.41) is 23.3. The number of aromatic nitrogens is 1. The van der Waals surface area contributed by atoms with Crippen LogP contribution in [0.3, 0.4) is 0 Å². The summed E-state index contributed by atoms with van der Waals surface area (Å²) in [7, 11) is 0. The first-order valence-electron chi connectivity index (χ1n) is 9.96. The zero-order chi connectivity index (χ0) is 22.1. The Kier molecular flexibility index (Phi) is 6.06. The van der Waals surface area contributed by atoms with Crippen LogP contribution < -0.4 is 16.4 Å². The van der Waals surface area contributed by atoms with Crippen molar-refractivity contribution in [2.75, 3.05) is 18.4 Å². The number of piperidine rings is 1. The van der Waals surface area contributed by atoms with Crippen molar-refractivity contribution < 1.29 is 19.5 Å². The smallest absolute Gasteiger partial charge is 0.267 e. The van der Waals surface area contributed by atoms with E-state index in [2.05, 4.69) is 15.6 Å². The first kappa shape index (κ1) is 21.7. The fourth-order valence-corrected chi connectivity index (χ4v) is 3.81. The molecule has 1 aromatic rings. The molecule has 2 heterocycles. The summed E-state index contributed by atoms with van der Waals surface area (Å²) in [5.41, 5.74) is 4.56. The zero-order valence-electron chi connectivity index (χ0n) is 17.1. The van der Waals surface area contributed by atoms with Gasteiger partial charge in [0.1, 0.15) is 11.8 Å². The van der Waals surface area contributed by atoms with E-state index in [0.717, 1.165) is 6.42 Å². The highest BCUT2D eigenvalue weighted by molar-refractivity contribution is 6.44. The van der Waals surface area contributed by atoms with E-state index in [-0.39, 0.29) is 35.7 Å². The van der Waals surface area contributed by atoms with Gasteiger partial charge in [0.25, 0.3) is 5.91 Å². The Hall–Kier alpha value is -3.01. The number of carbonyl (C=O) groups is 3. The van der Waals surface area contributed by atoms with E-state index < -0.39 is 17.6 Å². The number of anilines is 1. The molecule has 30 heavy (non-hydrogen) atoms. The van der Waals surface area contributed by atoms with Gasteiger partial charge in [-0.25, -0.2) is 0 Å². The van der Waals surface area contributed by atoms with E-state index in [0.29, 0.717) is 31.0 Å². The molecule has 3 rings (SSSR count). The molecular formula is C20H28N6O4. The van der Waals surface area contributed by atoms with Crippen molar-refractivity contribution in [2.45, 2.75) is 50.8 Å². The van der Waals surface area contributed by atoms with Crippen LogP contribution in [0.1, 0.15) is 38.7 Å². The van der Waals surface area contributed by atoms with Crippen molar-refractivity contribution in [3.05, 3.63) is 24.0 Å². The number of primary amides is 1. The number of fused-ring (bicyclic) bond motifs is 1. The Labute approximate surface area is 174 Å². The molecule has 0 bridgehead atoms. The molecule has 1 aromatic heterocycles. The number of amides is 3. The predicted octanol–water partition coefficient (Wildman–Crippen LogP) is -0.387. The number of rotatable bonds is 9. The SMILES string of the molecule is CC(C)(O)CCNC(=O)[C@@H]1C[C@H]2C[C@H]2N1C(=O)CNc1cnccc1C(=N)C(N)=O. The number of nitrogens with zero attached hydrogens (tertiary/aromatic N) is 2. The van der Waals surface area contributed by atoms with E-state index in [1.807, 2.05) is 0 Å². The lowest BCUT2D eigenvalue weighted by Gasteiger charge is -2.27. The molecule has 0 radical (unpaired) electrons. The van der Waals surface area contributed by atoms with Gasteiger partial charge in [-0.05, 0) is 45.1 Å². The number of nitrogens with one attached hydrogen (secondary N) is 3. The molecule has 3 atom stereocenters. The van der Waals surface area contributed by atoms with Crippen LogP contribution in [0.5, 0.6) is 0 Å². The first-order valence-corrected chi connectivity index (χ1v) is 9.96. The van der Waals surface area contributed by atoms with Crippen LogP contribution in [0.15, 0.2) is 18.5 Å². The van der Waals surface area contributed by atoms with Crippen molar-refractivity contribution in [3.8, 4) is 0 Å². The van der Waals surface area contributed by atoms with Gasteiger partial charge in [-0.15, -0.1) is 0 Å². The lowest BCUT2D eigenvalue weighted by atomic mass is 10.1. The van der Waals surface area contributed by atoms with Gasteiger partial charge < -0.3 is 26.4 Å². The zero-order valence-corrected chi connectivity index (χ0v) is 17.1. The number of nitrogens with two attached hydrogens (primary N) is 1. The Bertz CT molecular complexity index is 865. The Morgan fingerprint density at radius 1 is 1.37 bits per heavy atom. The maximum Gasteiger partial charge on any atom is 0.267 e. The third kappa shape index (κ3) is 4.93. The quantitative estimate of drug-likeness (QED) is 0.345. The van der Waals surface area contributed by atoms with Gasteiger partial charge in [-0.2, -0.15) is 0 Å². The molecule has 2 fully saturated rings. The van der Waals surface area contributed by atoms with Crippen LogP contribution in [0.2, 0.25) is 0 Å². The maximum absolute atomic E-state index is 12.9. The van der Waals surface area contributed by atoms with Crippen molar-refractivity contribution in [3.63, 3.8) is 0 Å². The Morgan fingerprint density at radius 2 is 2.10 bits per heavy atom. The lowest BCUT2D eigenvalue weighted by molar-refractivity contribution is -0.138. The molecule has 1 aliphatic carbocycles. The second-order valence-corrected chi connectivity index (χ2v) is 8.48. The minimum absolute atomic E-state index is 0.0709. The molecule has 10 heteroatoms. The number of pyridine rings is 1. The molecular weight excluding hydrogens is 388 g/mol. The molecule has 10 nitrogen and oxygen atoms in total. The highest BCUT2D eigenvalue weighted by atomic mass is 16.3. The molecule has 1 saturated heterocycles. The first-order chi connectivity index (χ1) is 14.1. The second-order valence-electron chi connectivity index (χ2n) is 8.48. The number of hydrogen-bond donors (Lipinski definition) is 5. The summed E-state index contributed by atoms with van der Waals surface area (Å²) in [4.78, 5) is 42.4. The lowest BCUT2D eigenvalue weighted by Crippen LogP contribution is -2.50. The van der Waals surface area contributed by atoms with E-state index in [1.165, 1.54) is 18.5 Å². The summed E-state index contributed by atoms with van der Waals surface area (Å²) in [6.07, 6.45) is 4.80. The van der Waals surface area contributed by atoms with Crippen LogP contribution in [0, 0.1) is 11.3 Å². The van der Waals surface area contributed by atoms with E-state index >= 15 is 0 Å². The van der Waals surface area contributed by atoms with Crippen LogP contribution in [-0.4, -0.2) is 69.2 Å². The summed E-state index contributed by atoms with van der Waals surface area (Å²) < 4.78 is 0. The van der Waals surface area contributed by atoms with Gasteiger partial charge in [0.05, 0.1) is 24.0 Å². The monoisotopic (exact) mass is 416 g/mol. The standard InChI is InChI=1S/C20H28N6O4/c1-20(2,30)4-6-24-19(29)15-8-11-7-14(11)26(15)16(27)10-25-13-9-23-5-3-12(13)17(21)18(22)28/h3,5,9,11,14-15,21,25,30H,4,6-8,10H2,1-2H3,(H2,22,28)(H,24,29)/t11-,14-,15+/m1/s1. The summed E-state index contributed by atoms with van der Waals surface area (Å²) in [5.74, 6) is -0.977. The third-order valence-electron chi connectivity index (χ3n) is 5.50. The summed E-state index contributed by atoms with van der Waals surface area (Å²) in [6, 6.07) is 1.02. The van der Waals surface area contributed by atoms with Crippen molar-refractivity contribution in [1.82, 2.24) is 15.2 Å². The van der Waals surface area contributed by atoms with Gasteiger partial charge in [0.2, 0.25) is 11.8 Å².